The summed E-state index contributed by atoms with van der Waals surface area (Å²) in [5.74, 6) is 0.0625. The van der Waals surface area contributed by atoms with Crippen LogP contribution in [0, 0.1) is 34.0 Å². The summed E-state index contributed by atoms with van der Waals surface area (Å²) in [6, 6.07) is 16.4. The number of aryl methyl sites for hydroxylation is 2. The van der Waals surface area contributed by atoms with E-state index in [-0.39, 0.29) is 56.3 Å². The summed E-state index contributed by atoms with van der Waals surface area (Å²) >= 11 is 0. The Morgan fingerprint density at radius 1 is 0.766 bits per heavy atom. The molecule has 6 aliphatic rings. The fourth-order valence-electron chi connectivity index (χ4n) is 14.5. The second-order valence-corrected chi connectivity index (χ2v) is 20.1. The third-order valence-corrected chi connectivity index (χ3v) is 17.3. The fourth-order valence-corrected chi connectivity index (χ4v) is 14.5. The van der Waals surface area contributed by atoms with Crippen LogP contribution >= 0.6 is 0 Å². The first kappa shape index (κ1) is 42.8. The summed E-state index contributed by atoms with van der Waals surface area (Å²) in [5, 5.41) is 70.9. The molecular formula is C55H65N3O6. The Balaban J connectivity index is 0.968. The number of fused-ring (bicyclic) bond motifs is 4. The second kappa shape index (κ2) is 17.0. The number of nitrogens with zero attached hydrogens (tertiary/aromatic N) is 2. The zero-order valence-electron chi connectivity index (χ0n) is 37.3. The molecule has 1 aliphatic heterocycles. The van der Waals surface area contributed by atoms with Crippen LogP contribution < -0.4 is 5.32 Å². The summed E-state index contributed by atoms with van der Waals surface area (Å²) in [6.07, 6.45) is 25.0. The molecule has 9 heteroatoms. The summed E-state index contributed by atoms with van der Waals surface area (Å²) < 4.78 is 0. The maximum atomic E-state index is 12.4. The van der Waals surface area contributed by atoms with Crippen molar-refractivity contribution in [1.29, 1.82) is 0 Å². The molecule has 4 aromatic carbocycles. The van der Waals surface area contributed by atoms with Crippen LogP contribution in [0.15, 0.2) is 76.7 Å². The lowest BCUT2D eigenvalue weighted by Crippen LogP contribution is -2.69. The average molecular weight is 864 g/mol. The third-order valence-electron chi connectivity index (χ3n) is 17.3. The van der Waals surface area contributed by atoms with Crippen molar-refractivity contribution in [1.82, 2.24) is 5.32 Å². The SMILES string of the molecule is CCCCCc1cc(CCc2c(O)c(O)c3c(O)cccc3c2C=Cc2ccc(O)c(O)c2)ccc1CNCC12C3=NCN=C3CCC3CCCC31CCC13CCCC1C=CC(O)C32. The molecule has 4 aromatic rings. The highest BCUT2D eigenvalue weighted by atomic mass is 16.3. The van der Waals surface area contributed by atoms with Gasteiger partial charge in [-0.15, -0.1) is 0 Å². The number of aliphatic imine (C=N–C) groups is 2. The number of hydrogen-bond acceptors (Lipinski definition) is 9. The zero-order chi connectivity index (χ0) is 44.2. The van der Waals surface area contributed by atoms with Crippen molar-refractivity contribution in [2.75, 3.05) is 13.2 Å². The van der Waals surface area contributed by atoms with Crippen molar-refractivity contribution in [3.05, 3.63) is 100 Å². The van der Waals surface area contributed by atoms with Gasteiger partial charge in [0, 0.05) is 30.0 Å². The van der Waals surface area contributed by atoms with Crippen LogP contribution in [0.4, 0.5) is 0 Å². The lowest BCUT2D eigenvalue weighted by molar-refractivity contribution is -0.156. The first-order valence-electron chi connectivity index (χ1n) is 24.2. The highest BCUT2D eigenvalue weighted by Crippen LogP contribution is 2.75. The largest absolute Gasteiger partial charge is 0.507 e. The zero-order valence-corrected chi connectivity index (χ0v) is 37.3. The number of phenols is 5. The number of aliphatic hydroxyl groups is 1. The molecule has 5 aliphatic carbocycles. The predicted octanol–water partition coefficient (Wildman–Crippen LogP) is 10.7. The van der Waals surface area contributed by atoms with Crippen LogP contribution in [0.25, 0.3) is 22.9 Å². The number of nitrogens with one attached hydrogen (secondary N) is 1. The summed E-state index contributed by atoms with van der Waals surface area (Å²) in [6.45, 7) is 4.28. The maximum absolute atomic E-state index is 12.4. The molecule has 0 saturated heterocycles. The van der Waals surface area contributed by atoms with Crippen molar-refractivity contribution < 1.29 is 30.6 Å². The van der Waals surface area contributed by atoms with Crippen molar-refractivity contribution >= 4 is 34.3 Å². The Morgan fingerprint density at radius 2 is 1.64 bits per heavy atom. The van der Waals surface area contributed by atoms with E-state index in [1.54, 1.807) is 18.2 Å². The standard InChI is InChI=1S/C55H65N3O6/c1-2-3-4-8-36-29-34(15-21-42-40(20-14-35-16-23-44(59)47(62)30-35)41-11-5-12-45(60)48(41)50(64)49(42)63)13-17-37(36)31-56-32-55-51-46(61)24-19-38-9-6-25-53(38,51)27-28-54(55)26-7-10-39(54)18-22-43-52(55)58-33-57-43/h5,11-14,16-17,19-20,23-24,29-30,38-39,46,51,56,59-64H,2-4,6-10,15,18,21-22,25-28,31-33H2,1H3. The van der Waals surface area contributed by atoms with E-state index in [0.29, 0.717) is 53.4 Å². The molecule has 7 unspecified atom stereocenters. The molecule has 9 nitrogen and oxygen atoms in total. The average Bonchev–Trinajstić information content (AvgIpc) is 4.04. The van der Waals surface area contributed by atoms with Crippen LogP contribution in [0.1, 0.15) is 124 Å². The molecular weight excluding hydrogens is 799 g/mol. The molecule has 64 heavy (non-hydrogen) atoms. The molecule has 0 amide bonds. The van der Waals surface area contributed by atoms with E-state index in [1.165, 1.54) is 98.5 Å². The Hall–Kier alpha value is -5.12. The summed E-state index contributed by atoms with van der Waals surface area (Å²) in [7, 11) is 0. The number of phenolic OH excluding ortho intramolecular Hbond substituents is 5. The Kier molecular flexibility index (Phi) is 11.4. The smallest absolute Gasteiger partial charge is 0.169 e. The van der Waals surface area contributed by atoms with Gasteiger partial charge in [-0.3, -0.25) is 9.98 Å². The van der Waals surface area contributed by atoms with Crippen molar-refractivity contribution in [2.24, 2.45) is 44.0 Å². The molecule has 7 N–H and O–H groups in total. The first-order valence-corrected chi connectivity index (χ1v) is 24.2. The Bertz CT molecular complexity index is 2580. The van der Waals surface area contributed by atoms with Gasteiger partial charge in [-0.2, -0.15) is 0 Å². The van der Waals surface area contributed by atoms with E-state index in [1.807, 2.05) is 12.1 Å². The molecule has 0 radical (unpaired) electrons. The molecule has 7 atom stereocenters. The van der Waals surface area contributed by atoms with Crippen LogP contribution in [0.2, 0.25) is 0 Å². The van der Waals surface area contributed by atoms with Gasteiger partial charge in [0.15, 0.2) is 23.0 Å². The first-order chi connectivity index (χ1) is 31.1. The number of unbranched alkanes of at least 4 members (excludes halogenated alkanes) is 2. The van der Waals surface area contributed by atoms with Crippen molar-refractivity contribution in [3.63, 3.8) is 0 Å². The number of aliphatic hydroxyl groups excluding tert-OH is 1. The summed E-state index contributed by atoms with van der Waals surface area (Å²) in [4.78, 5) is 10.4. The van der Waals surface area contributed by atoms with E-state index < -0.39 is 6.10 Å². The summed E-state index contributed by atoms with van der Waals surface area (Å²) in [5.41, 5.74) is 7.98. The minimum Gasteiger partial charge on any atom is -0.507 e. The minimum absolute atomic E-state index is 0.0998. The van der Waals surface area contributed by atoms with E-state index >= 15 is 0 Å². The molecule has 4 saturated carbocycles. The van der Waals surface area contributed by atoms with E-state index in [2.05, 4.69) is 42.6 Å². The number of rotatable bonds is 13. The van der Waals surface area contributed by atoms with Crippen molar-refractivity contribution in [3.8, 4) is 28.7 Å². The highest BCUT2D eigenvalue weighted by Gasteiger charge is 2.73. The van der Waals surface area contributed by atoms with Crippen LogP contribution in [0.5, 0.6) is 28.7 Å². The quantitative estimate of drug-likeness (QED) is 0.0305. The van der Waals surface area contributed by atoms with Crippen LogP contribution in [-0.4, -0.2) is 61.4 Å². The Labute approximate surface area is 377 Å². The van der Waals surface area contributed by atoms with Gasteiger partial charge >= 0.3 is 0 Å². The van der Waals surface area contributed by atoms with Crippen molar-refractivity contribution in [2.45, 2.75) is 122 Å². The molecule has 10 rings (SSSR count). The third kappa shape index (κ3) is 6.86. The van der Waals surface area contributed by atoms with E-state index in [4.69, 9.17) is 9.98 Å². The molecule has 2 spiro atoms. The number of aromatic hydroxyl groups is 5. The van der Waals surface area contributed by atoms with Gasteiger partial charge in [0.25, 0.3) is 0 Å². The molecule has 336 valence electrons. The van der Waals surface area contributed by atoms with Crippen LogP contribution in [-0.2, 0) is 25.8 Å². The lowest BCUT2D eigenvalue weighted by atomic mass is 9.37. The molecule has 4 fully saturated rings. The predicted molar refractivity (Wildman–Crippen MR) is 255 cm³/mol. The van der Waals surface area contributed by atoms with Gasteiger partial charge in [0.05, 0.1) is 22.9 Å². The topological polar surface area (TPSA) is 158 Å². The Morgan fingerprint density at radius 3 is 2.50 bits per heavy atom. The van der Waals surface area contributed by atoms with E-state index in [0.717, 1.165) is 50.8 Å². The van der Waals surface area contributed by atoms with Gasteiger partial charge in [-0.25, -0.2) is 0 Å². The molecule has 0 aromatic heterocycles. The fraction of sp³-hybridized carbons (Fsp3) is 0.491. The molecule has 0 bridgehead atoms. The minimum atomic E-state index is -0.493. The lowest BCUT2D eigenvalue weighted by Gasteiger charge is -2.66. The van der Waals surface area contributed by atoms with Gasteiger partial charge in [0.2, 0.25) is 0 Å². The molecule has 1 heterocycles. The van der Waals surface area contributed by atoms with Gasteiger partial charge in [-0.05, 0) is 151 Å². The normalized spacial score (nSPS) is 29.2. The second-order valence-electron chi connectivity index (χ2n) is 20.1. The van der Waals surface area contributed by atoms with Gasteiger partial charge < -0.3 is 36.0 Å². The van der Waals surface area contributed by atoms with Crippen LogP contribution in [0.3, 0.4) is 0 Å². The van der Waals surface area contributed by atoms with Gasteiger partial charge in [0.1, 0.15) is 12.4 Å². The number of hydrogen-bond donors (Lipinski definition) is 7. The van der Waals surface area contributed by atoms with E-state index in [9.17, 15) is 30.6 Å². The highest BCUT2D eigenvalue weighted by molar-refractivity contribution is 6.45. The monoisotopic (exact) mass is 863 g/mol. The number of allylic oxidation sites excluding steroid dienone is 1. The maximum Gasteiger partial charge on any atom is 0.169 e. The number of benzene rings is 4. The van der Waals surface area contributed by atoms with Gasteiger partial charge in [-0.1, -0.05) is 93.3 Å².